The van der Waals surface area contributed by atoms with E-state index in [9.17, 15) is 14.0 Å². The Hall–Kier alpha value is -3.52. The Morgan fingerprint density at radius 1 is 1.09 bits per heavy atom. The van der Waals surface area contributed by atoms with Gasteiger partial charge in [-0.1, -0.05) is 42.5 Å². The molecule has 1 N–H and O–H groups in total. The number of carbonyl (C=O) groups excluding carboxylic acids is 2. The Bertz CT molecular complexity index is 1190. The van der Waals surface area contributed by atoms with Crippen LogP contribution in [0.3, 0.4) is 0 Å². The van der Waals surface area contributed by atoms with Crippen molar-refractivity contribution in [1.29, 1.82) is 0 Å². The lowest BCUT2D eigenvalue weighted by molar-refractivity contribution is -0.127. The van der Waals surface area contributed by atoms with Gasteiger partial charge in [0.05, 0.1) is 31.2 Å². The van der Waals surface area contributed by atoms with Crippen molar-refractivity contribution in [3.63, 3.8) is 0 Å². The number of halogens is 1. The van der Waals surface area contributed by atoms with Crippen molar-refractivity contribution in [2.24, 2.45) is 5.92 Å². The molecule has 3 aromatic rings. The van der Waals surface area contributed by atoms with Gasteiger partial charge in [0.1, 0.15) is 11.9 Å². The fraction of sp³-hybridized carbons (Fsp3) is 0.370. The van der Waals surface area contributed by atoms with Crippen LogP contribution >= 0.6 is 0 Å². The summed E-state index contributed by atoms with van der Waals surface area (Å²) in [5.41, 5.74) is 3.20. The molecule has 2 aromatic carbocycles. The van der Waals surface area contributed by atoms with Crippen LogP contribution < -0.4 is 5.32 Å². The third-order valence-corrected chi connectivity index (χ3v) is 6.99. The summed E-state index contributed by atoms with van der Waals surface area (Å²) in [5.74, 6) is -0.605. The van der Waals surface area contributed by atoms with Gasteiger partial charge in [0, 0.05) is 19.0 Å². The molecule has 0 spiro atoms. The van der Waals surface area contributed by atoms with E-state index in [0.29, 0.717) is 44.8 Å². The van der Waals surface area contributed by atoms with Crippen molar-refractivity contribution in [3.05, 3.63) is 89.3 Å². The van der Waals surface area contributed by atoms with Crippen LogP contribution in [0.15, 0.2) is 60.9 Å². The summed E-state index contributed by atoms with van der Waals surface area (Å²) >= 11 is 0. The number of aromatic nitrogens is 2. The second-order valence-corrected chi connectivity index (χ2v) is 9.25. The molecular weight excluding hydrogens is 447 g/mol. The predicted molar refractivity (Wildman–Crippen MR) is 128 cm³/mol. The zero-order valence-electron chi connectivity index (χ0n) is 19.7. The van der Waals surface area contributed by atoms with Gasteiger partial charge in [0.15, 0.2) is 5.69 Å². The van der Waals surface area contributed by atoms with Gasteiger partial charge >= 0.3 is 0 Å². The number of nitrogens with one attached hydrogen (secondary N) is 1. The van der Waals surface area contributed by atoms with Crippen LogP contribution in [0, 0.1) is 11.7 Å². The number of likely N-dealkylation sites (tertiary alicyclic amines) is 1. The van der Waals surface area contributed by atoms with E-state index in [1.54, 1.807) is 23.4 Å². The van der Waals surface area contributed by atoms with Crippen LogP contribution in [0.5, 0.6) is 0 Å². The molecule has 2 aliphatic rings. The van der Waals surface area contributed by atoms with Crippen LogP contribution in [0.4, 0.5) is 4.39 Å². The van der Waals surface area contributed by atoms with E-state index in [1.807, 2.05) is 41.8 Å². The van der Waals surface area contributed by atoms with Crippen LogP contribution in [0.1, 0.15) is 59.2 Å². The number of hydrogen-bond donors (Lipinski definition) is 1. The van der Waals surface area contributed by atoms with E-state index >= 15 is 0 Å². The molecule has 2 amide bonds. The molecule has 3 heterocycles. The zero-order valence-corrected chi connectivity index (χ0v) is 19.7. The van der Waals surface area contributed by atoms with E-state index in [1.165, 1.54) is 12.1 Å². The third-order valence-electron chi connectivity index (χ3n) is 6.99. The van der Waals surface area contributed by atoms with Crippen LogP contribution in [-0.2, 0) is 22.7 Å². The molecule has 1 fully saturated rings. The van der Waals surface area contributed by atoms with Gasteiger partial charge in [0.25, 0.3) is 5.91 Å². The van der Waals surface area contributed by atoms with E-state index < -0.39 is 0 Å². The van der Waals surface area contributed by atoms with Gasteiger partial charge < -0.3 is 19.5 Å². The highest BCUT2D eigenvalue weighted by molar-refractivity contribution is 5.93. The summed E-state index contributed by atoms with van der Waals surface area (Å²) in [5, 5.41) is 3.02. The number of nitrogens with zero attached hydrogens (tertiary/aromatic N) is 3. The van der Waals surface area contributed by atoms with Crippen molar-refractivity contribution in [1.82, 2.24) is 19.8 Å². The maximum atomic E-state index is 13.2. The molecule has 1 saturated heterocycles. The van der Waals surface area contributed by atoms with Crippen molar-refractivity contribution in [2.45, 2.75) is 45.1 Å². The van der Waals surface area contributed by atoms with Crippen molar-refractivity contribution >= 4 is 11.8 Å². The second-order valence-electron chi connectivity index (χ2n) is 9.25. The number of imidazole rings is 1. The van der Waals surface area contributed by atoms with Gasteiger partial charge in [-0.3, -0.25) is 9.59 Å². The topological polar surface area (TPSA) is 76.5 Å². The molecule has 2 aliphatic heterocycles. The summed E-state index contributed by atoms with van der Waals surface area (Å²) in [6.07, 6.45) is 2.84. The summed E-state index contributed by atoms with van der Waals surface area (Å²) < 4.78 is 21.2. The molecule has 0 saturated carbocycles. The first-order valence-corrected chi connectivity index (χ1v) is 12.0. The highest BCUT2D eigenvalue weighted by atomic mass is 19.1. The fourth-order valence-electron chi connectivity index (χ4n) is 4.84. The molecule has 0 unspecified atom stereocenters. The maximum Gasteiger partial charge on any atom is 0.274 e. The van der Waals surface area contributed by atoms with Gasteiger partial charge in [-0.25, -0.2) is 9.37 Å². The second kappa shape index (κ2) is 10.00. The monoisotopic (exact) mass is 476 g/mol. The average molecular weight is 477 g/mol. The smallest absolute Gasteiger partial charge is 0.274 e. The van der Waals surface area contributed by atoms with Crippen LogP contribution in [0.2, 0.25) is 0 Å². The lowest BCUT2D eigenvalue weighted by Crippen LogP contribution is -2.43. The molecule has 2 atom stereocenters. The van der Waals surface area contributed by atoms with Crippen molar-refractivity contribution < 1.29 is 18.7 Å². The lowest BCUT2D eigenvalue weighted by atomic mass is 9.95. The summed E-state index contributed by atoms with van der Waals surface area (Å²) in [6.45, 7) is 3.84. The normalized spacial score (nSPS) is 19.1. The first-order chi connectivity index (χ1) is 17.0. The minimum atomic E-state index is -0.300. The van der Waals surface area contributed by atoms with E-state index in [-0.39, 0.29) is 35.7 Å². The molecule has 7 nitrogen and oxygen atoms in total. The Balaban J connectivity index is 1.16. The van der Waals surface area contributed by atoms with E-state index in [0.717, 1.165) is 16.8 Å². The Morgan fingerprint density at radius 3 is 2.51 bits per heavy atom. The number of amides is 2. The molecule has 182 valence electrons. The molecule has 35 heavy (non-hydrogen) atoms. The molecule has 0 aliphatic carbocycles. The van der Waals surface area contributed by atoms with Gasteiger partial charge in [-0.05, 0) is 43.0 Å². The van der Waals surface area contributed by atoms with Gasteiger partial charge in [-0.2, -0.15) is 0 Å². The minimum Gasteiger partial charge on any atom is -0.365 e. The number of piperidine rings is 1. The van der Waals surface area contributed by atoms with Crippen LogP contribution in [0.25, 0.3) is 0 Å². The quantitative estimate of drug-likeness (QED) is 0.604. The standard InChI is InChI=1S/C27H29FN4O3/c1-18(19-7-9-22(28)10-8-19)30-26(33)21-11-13-31(14-12-21)27(34)25-23-16-35-24(15-32(23)17-29-25)20-5-3-2-4-6-20/h2-10,17-18,21,24H,11-16H2,1H3,(H,30,33)/t18-,24-/m0/s1. The number of carbonyl (C=O) groups is 2. The molecule has 0 bridgehead atoms. The zero-order chi connectivity index (χ0) is 24.4. The Kier molecular flexibility index (Phi) is 6.63. The number of ether oxygens (including phenoxy) is 1. The van der Waals surface area contributed by atoms with Gasteiger partial charge in [0.2, 0.25) is 5.91 Å². The van der Waals surface area contributed by atoms with Crippen molar-refractivity contribution in [2.75, 3.05) is 13.1 Å². The predicted octanol–water partition coefficient (Wildman–Crippen LogP) is 4.02. The Morgan fingerprint density at radius 2 is 1.80 bits per heavy atom. The SMILES string of the molecule is C[C@H](NC(=O)C1CCN(C(=O)c2ncn3c2CO[C@H](c2ccccc2)C3)CC1)c1ccc(F)cc1. The highest BCUT2D eigenvalue weighted by Crippen LogP contribution is 2.29. The Labute approximate surface area is 203 Å². The average Bonchev–Trinajstić information content (AvgIpc) is 3.32. The number of benzene rings is 2. The highest BCUT2D eigenvalue weighted by Gasteiger charge is 2.32. The van der Waals surface area contributed by atoms with Gasteiger partial charge in [-0.15, -0.1) is 0 Å². The summed E-state index contributed by atoms with van der Waals surface area (Å²) in [7, 11) is 0. The molecular formula is C27H29FN4O3. The largest absolute Gasteiger partial charge is 0.365 e. The maximum absolute atomic E-state index is 13.2. The molecule has 5 rings (SSSR count). The number of hydrogen-bond acceptors (Lipinski definition) is 4. The molecule has 8 heteroatoms. The molecule has 0 radical (unpaired) electrons. The lowest BCUT2D eigenvalue weighted by Gasteiger charge is -2.32. The number of rotatable bonds is 5. The minimum absolute atomic E-state index is 0.0337. The van der Waals surface area contributed by atoms with E-state index in [2.05, 4.69) is 10.3 Å². The first-order valence-electron chi connectivity index (χ1n) is 12.0. The van der Waals surface area contributed by atoms with Crippen molar-refractivity contribution in [3.8, 4) is 0 Å². The first kappa shape index (κ1) is 23.2. The third kappa shape index (κ3) is 4.98. The molecule has 1 aromatic heterocycles. The summed E-state index contributed by atoms with van der Waals surface area (Å²) in [4.78, 5) is 32.2. The van der Waals surface area contributed by atoms with Crippen LogP contribution in [-0.4, -0.2) is 39.4 Å². The summed E-state index contributed by atoms with van der Waals surface area (Å²) in [6, 6.07) is 16.0. The van der Waals surface area contributed by atoms with E-state index in [4.69, 9.17) is 4.74 Å². The fourth-order valence-corrected chi connectivity index (χ4v) is 4.84. The number of fused-ring (bicyclic) bond motifs is 1.